The van der Waals surface area contributed by atoms with Crippen LogP contribution in [0.2, 0.25) is 0 Å². The topological polar surface area (TPSA) is 40.5 Å². The monoisotopic (exact) mass is 185 g/mol. The highest BCUT2D eigenvalue weighted by Crippen LogP contribution is 2.27. The van der Waals surface area contributed by atoms with Gasteiger partial charge in [-0.3, -0.25) is 9.69 Å². The first-order valence-electron chi connectivity index (χ1n) is 5.09. The Kier molecular flexibility index (Phi) is 3.31. The Bertz CT molecular complexity index is 189. The summed E-state index contributed by atoms with van der Waals surface area (Å²) >= 11 is 0. The van der Waals surface area contributed by atoms with E-state index in [2.05, 4.69) is 11.8 Å². The summed E-state index contributed by atoms with van der Waals surface area (Å²) in [5.74, 6) is -0.666. The zero-order valence-corrected chi connectivity index (χ0v) is 8.55. The first-order valence-corrected chi connectivity index (χ1v) is 5.09. The van der Waals surface area contributed by atoms with E-state index in [1.54, 1.807) is 0 Å². The molecule has 1 saturated heterocycles. The number of carboxylic acids is 1. The largest absolute Gasteiger partial charge is 0.480 e. The van der Waals surface area contributed by atoms with Gasteiger partial charge in [-0.1, -0.05) is 19.8 Å². The fourth-order valence-electron chi connectivity index (χ4n) is 1.73. The van der Waals surface area contributed by atoms with Crippen LogP contribution >= 0.6 is 0 Å². The van der Waals surface area contributed by atoms with Crippen LogP contribution in [-0.2, 0) is 4.79 Å². The van der Waals surface area contributed by atoms with Gasteiger partial charge >= 0.3 is 5.97 Å². The van der Waals surface area contributed by atoms with Gasteiger partial charge in [-0.2, -0.15) is 0 Å². The second-order valence-corrected chi connectivity index (χ2v) is 4.02. The fourth-order valence-corrected chi connectivity index (χ4v) is 1.73. The van der Waals surface area contributed by atoms with E-state index < -0.39 is 11.5 Å². The van der Waals surface area contributed by atoms with Crippen molar-refractivity contribution in [2.75, 3.05) is 13.1 Å². The van der Waals surface area contributed by atoms with Gasteiger partial charge in [0.2, 0.25) is 0 Å². The lowest BCUT2D eigenvalue weighted by Gasteiger charge is -2.43. The molecule has 1 unspecified atom stereocenters. The molecule has 0 radical (unpaired) electrons. The molecule has 0 aromatic carbocycles. The molecule has 0 aromatic rings. The predicted molar refractivity (Wildman–Crippen MR) is 51.8 cm³/mol. The number of aliphatic carboxylic acids is 1. The molecule has 1 heterocycles. The summed E-state index contributed by atoms with van der Waals surface area (Å²) in [6.07, 6.45) is 3.99. The third-order valence-corrected chi connectivity index (χ3v) is 3.03. The lowest BCUT2D eigenvalue weighted by molar-refractivity contribution is -0.154. The van der Waals surface area contributed by atoms with Crippen molar-refractivity contribution in [3.63, 3.8) is 0 Å². The van der Waals surface area contributed by atoms with Crippen LogP contribution in [0.4, 0.5) is 0 Å². The summed E-state index contributed by atoms with van der Waals surface area (Å²) < 4.78 is 0. The summed E-state index contributed by atoms with van der Waals surface area (Å²) in [6, 6.07) is 0. The predicted octanol–water partition coefficient (Wildman–Crippen LogP) is 1.73. The van der Waals surface area contributed by atoms with E-state index in [0.717, 1.165) is 38.8 Å². The molecule has 76 valence electrons. The Hall–Kier alpha value is -0.570. The molecule has 0 spiro atoms. The summed E-state index contributed by atoms with van der Waals surface area (Å²) in [4.78, 5) is 13.2. The van der Waals surface area contributed by atoms with Crippen molar-refractivity contribution in [3.8, 4) is 0 Å². The van der Waals surface area contributed by atoms with Gasteiger partial charge < -0.3 is 5.11 Å². The first kappa shape index (κ1) is 10.5. The molecule has 0 saturated carbocycles. The van der Waals surface area contributed by atoms with Crippen molar-refractivity contribution in [2.45, 2.75) is 45.1 Å². The molecule has 1 atom stereocenters. The van der Waals surface area contributed by atoms with Crippen LogP contribution in [0, 0.1) is 0 Å². The van der Waals surface area contributed by atoms with Crippen molar-refractivity contribution in [2.24, 2.45) is 0 Å². The second kappa shape index (κ2) is 4.09. The Morgan fingerprint density at radius 1 is 1.54 bits per heavy atom. The van der Waals surface area contributed by atoms with Crippen LogP contribution in [0.25, 0.3) is 0 Å². The van der Waals surface area contributed by atoms with Gasteiger partial charge in [0.05, 0.1) is 0 Å². The van der Waals surface area contributed by atoms with Gasteiger partial charge in [0.15, 0.2) is 0 Å². The average molecular weight is 185 g/mol. The lowest BCUT2D eigenvalue weighted by atomic mass is 9.90. The maximum atomic E-state index is 11.1. The number of rotatable bonds is 5. The van der Waals surface area contributed by atoms with Gasteiger partial charge in [-0.15, -0.1) is 0 Å². The minimum Gasteiger partial charge on any atom is -0.480 e. The van der Waals surface area contributed by atoms with E-state index in [9.17, 15) is 4.79 Å². The van der Waals surface area contributed by atoms with Gasteiger partial charge in [-0.05, 0) is 19.8 Å². The second-order valence-electron chi connectivity index (χ2n) is 4.02. The molecule has 3 heteroatoms. The molecule has 1 fully saturated rings. The van der Waals surface area contributed by atoms with Crippen LogP contribution in [0.5, 0.6) is 0 Å². The Morgan fingerprint density at radius 2 is 2.15 bits per heavy atom. The third kappa shape index (κ3) is 2.02. The van der Waals surface area contributed by atoms with Crippen LogP contribution in [0.1, 0.15) is 39.5 Å². The minimum atomic E-state index is -0.666. The SMILES string of the molecule is CCCCC(C)(C(=O)O)N1CCC1. The van der Waals surface area contributed by atoms with Crippen molar-refractivity contribution in [3.05, 3.63) is 0 Å². The molecule has 1 aliphatic rings. The van der Waals surface area contributed by atoms with E-state index in [1.807, 2.05) is 6.92 Å². The molecule has 13 heavy (non-hydrogen) atoms. The molecule has 0 aliphatic carbocycles. The number of hydrogen-bond donors (Lipinski definition) is 1. The van der Waals surface area contributed by atoms with Crippen LogP contribution in [0.3, 0.4) is 0 Å². The highest BCUT2D eigenvalue weighted by Gasteiger charge is 2.41. The van der Waals surface area contributed by atoms with Crippen molar-refractivity contribution in [1.82, 2.24) is 4.90 Å². The summed E-state index contributed by atoms with van der Waals surface area (Å²) in [5.41, 5.74) is -0.603. The third-order valence-electron chi connectivity index (χ3n) is 3.03. The number of carboxylic acid groups (broad SMARTS) is 1. The van der Waals surface area contributed by atoms with E-state index in [0.29, 0.717) is 0 Å². The van der Waals surface area contributed by atoms with Gasteiger partial charge in [0, 0.05) is 13.1 Å². The van der Waals surface area contributed by atoms with E-state index in [1.165, 1.54) is 0 Å². The van der Waals surface area contributed by atoms with Gasteiger partial charge in [0.1, 0.15) is 5.54 Å². The Balaban J connectivity index is 2.56. The Morgan fingerprint density at radius 3 is 2.46 bits per heavy atom. The molecule has 0 aromatic heterocycles. The van der Waals surface area contributed by atoms with Crippen molar-refractivity contribution < 1.29 is 9.90 Å². The quantitative estimate of drug-likeness (QED) is 0.709. The summed E-state index contributed by atoms with van der Waals surface area (Å²) in [5, 5.41) is 9.15. The zero-order chi connectivity index (χ0) is 9.90. The number of nitrogens with zero attached hydrogens (tertiary/aromatic N) is 1. The number of hydrogen-bond acceptors (Lipinski definition) is 2. The Labute approximate surface area is 79.7 Å². The smallest absolute Gasteiger partial charge is 0.323 e. The average Bonchev–Trinajstić information content (AvgIpc) is 1.97. The van der Waals surface area contributed by atoms with Crippen molar-refractivity contribution >= 4 is 5.97 Å². The van der Waals surface area contributed by atoms with E-state index in [-0.39, 0.29) is 0 Å². The lowest BCUT2D eigenvalue weighted by Crippen LogP contribution is -2.58. The van der Waals surface area contributed by atoms with Crippen molar-refractivity contribution in [1.29, 1.82) is 0 Å². The normalized spacial score (nSPS) is 22.0. The molecular formula is C10H19NO2. The summed E-state index contributed by atoms with van der Waals surface area (Å²) in [7, 11) is 0. The maximum Gasteiger partial charge on any atom is 0.323 e. The molecule has 0 bridgehead atoms. The highest BCUT2D eigenvalue weighted by atomic mass is 16.4. The maximum absolute atomic E-state index is 11.1. The summed E-state index contributed by atoms with van der Waals surface area (Å²) in [6.45, 7) is 5.85. The van der Waals surface area contributed by atoms with E-state index in [4.69, 9.17) is 5.11 Å². The number of likely N-dealkylation sites (tertiary alicyclic amines) is 1. The zero-order valence-electron chi connectivity index (χ0n) is 8.55. The van der Waals surface area contributed by atoms with Crippen LogP contribution in [0.15, 0.2) is 0 Å². The van der Waals surface area contributed by atoms with Crippen LogP contribution in [-0.4, -0.2) is 34.6 Å². The van der Waals surface area contributed by atoms with Gasteiger partial charge in [0.25, 0.3) is 0 Å². The van der Waals surface area contributed by atoms with E-state index >= 15 is 0 Å². The number of carbonyl (C=O) groups is 1. The minimum absolute atomic E-state index is 0.603. The molecular weight excluding hydrogens is 166 g/mol. The van der Waals surface area contributed by atoms with Crippen LogP contribution < -0.4 is 0 Å². The molecule has 0 amide bonds. The van der Waals surface area contributed by atoms with Gasteiger partial charge in [-0.25, -0.2) is 0 Å². The number of unbranched alkanes of at least 4 members (excludes halogenated alkanes) is 1. The fraction of sp³-hybridized carbons (Fsp3) is 0.900. The molecule has 1 rings (SSSR count). The molecule has 1 aliphatic heterocycles. The first-order chi connectivity index (χ1) is 6.11. The molecule has 3 nitrogen and oxygen atoms in total. The standard InChI is InChI=1S/C10H19NO2/c1-3-4-6-10(2,9(12)13)11-7-5-8-11/h3-8H2,1-2H3,(H,12,13). The molecule has 1 N–H and O–H groups in total. The highest BCUT2D eigenvalue weighted by molar-refractivity contribution is 5.78.